The number of aryl methyl sites for hydroxylation is 1. The molecule has 7 heteroatoms. The van der Waals surface area contributed by atoms with Gasteiger partial charge in [-0.15, -0.1) is 0 Å². The van der Waals surface area contributed by atoms with Crippen molar-refractivity contribution < 1.29 is 14.6 Å². The summed E-state index contributed by atoms with van der Waals surface area (Å²) in [6.07, 6.45) is -0.978. The Morgan fingerprint density at radius 3 is 2.21 bits per heavy atom. The zero-order valence-electron chi connectivity index (χ0n) is 20.1. The van der Waals surface area contributed by atoms with Gasteiger partial charge in [-0.2, -0.15) is 0 Å². The summed E-state index contributed by atoms with van der Waals surface area (Å²) in [5, 5.41) is 11.4. The van der Waals surface area contributed by atoms with Gasteiger partial charge in [0.05, 0.1) is 18.3 Å². The number of rotatable bonds is 4. The van der Waals surface area contributed by atoms with Gasteiger partial charge in [-0.25, -0.2) is 9.78 Å². The Hall–Kier alpha value is -3.45. The smallest absolute Gasteiger partial charge is 0.410 e. The molecule has 2 atom stereocenters. The van der Waals surface area contributed by atoms with E-state index in [0.717, 1.165) is 11.1 Å². The fourth-order valence-electron chi connectivity index (χ4n) is 4.39. The third kappa shape index (κ3) is 4.89. The third-order valence-corrected chi connectivity index (χ3v) is 5.95. The molecule has 0 radical (unpaired) electrons. The number of aliphatic hydroxyl groups is 1. The van der Waals surface area contributed by atoms with E-state index in [1.807, 2.05) is 81.4 Å². The molecular formula is C27H31N3O4. The molecule has 1 aliphatic rings. The Labute approximate surface area is 199 Å². The lowest BCUT2D eigenvalue weighted by atomic mass is 9.94. The normalized spacial score (nSPS) is 15.4. The molecule has 2 heterocycles. The van der Waals surface area contributed by atoms with Gasteiger partial charge in [0.15, 0.2) is 0 Å². The van der Waals surface area contributed by atoms with E-state index >= 15 is 0 Å². The fourth-order valence-corrected chi connectivity index (χ4v) is 4.39. The Bertz CT molecular complexity index is 1220. The van der Waals surface area contributed by atoms with Crippen molar-refractivity contribution in [1.29, 1.82) is 0 Å². The fraction of sp³-hybridized carbons (Fsp3) is 0.370. The first-order valence-corrected chi connectivity index (χ1v) is 11.5. The number of amides is 1. The van der Waals surface area contributed by atoms with Gasteiger partial charge in [0.1, 0.15) is 17.5 Å². The summed E-state index contributed by atoms with van der Waals surface area (Å²) in [6.45, 7) is 7.84. The number of carbonyl (C=O) groups excluding carboxylic acids is 1. The molecule has 1 amide bonds. The highest BCUT2D eigenvalue weighted by molar-refractivity contribution is 5.68. The number of ether oxygens (including phenoxy) is 1. The molecule has 4 rings (SSSR count). The van der Waals surface area contributed by atoms with Gasteiger partial charge in [-0.1, -0.05) is 60.7 Å². The van der Waals surface area contributed by atoms with Crippen molar-refractivity contribution >= 4 is 6.09 Å². The van der Waals surface area contributed by atoms with Gasteiger partial charge >= 0.3 is 6.09 Å². The summed E-state index contributed by atoms with van der Waals surface area (Å²) < 4.78 is 7.09. The summed E-state index contributed by atoms with van der Waals surface area (Å²) >= 11 is 0. The molecule has 0 bridgehead atoms. The average Bonchev–Trinajstić information content (AvgIpc) is 2.81. The summed E-state index contributed by atoms with van der Waals surface area (Å²) in [5.41, 5.74) is 1.91. The zero-order chi connectivity index (χ0) is 24.5. The largest absolute Gasteiger partial charge is 0.444 e. The minimum Gasteiger partial charge on any atom is -0.444 e. The van der Waals surface area contributed by atoms with Crippen LogP contribution in [-0.4, -0.2) is 37.8 Å². The summed E-state index contributed by atoms with van der Waals surface area (Å²) in [5.74, 6) is 0.485. The van der Waals surface area contributed by atoms with Crippen LogP contribution in [0.15, 0.2) is 65.5 Å². The van der Waals surface area contributed by atoms with Crippen molar-refractivity contribution in [2.45, 2.75) is 58.4 Å². The second kappa shape index (κ2) is 9.43. The standard InChI is InChI=1S/C27H31N3O4/c1-18-28-22-17-29(26(33)34-27(2,3)4)16-15-21(22)25(32)30(18)23(19-11-7-5-8-12-19)24(31)20-13-9-6-10-14-20/h5-14,23-24,31H,15-17H2,1-4H3. The number of nitrogens with zero attached hydrogens (tertiary/aromatic N) is 3. The molecule has 1 aliphatic heterocycles. The lowest BCUT2D eigenvalue weighted by molar-refractivity contribution is 0.0219. The minimum atomic E-state index is -0.943. The van der Waals surface area contributed by atoms with E-state index in [1.165, 1.54) is 0 Å². The maximum Gasteiger partial charge on any atom is 0.410 e. The number of hydrogen-bond acceptors (Lipinski definition) is 5. The Balaban J connectivity index is 1.75. The van der Waals surface area contributed by atoms with Crippen molar-refractivity contribution in [2.75, 3.05) is 6.54 Å². The van der Waals surface area contributed by atoms with Crippen molar-refractivity contribution in [3.05, 3.63) is 99.2 Å². The van der Waals surface area contributed by atoms with Crippen LogP contribution in [0.2, 0.25) is 0 Å². The number of hydrogen-bond donors (Lipinski definition) is 1. The highest BCUT2D eigenvalue weighted by atomic mass is 16.6. The van der Waals surface area contributed by atoms with Crippen LogP contribution < -0.4 is 5.56 Å². The van der Waals surface area contributed by atoms with Gasteiger partial charge in [-0.3, -0.25) is 9.36 Å². The molecule has 178 valence electrons. The van der Waals surface area contributed by atoms with Gasteiger partial charge in [-0.05, 0) is 45.2 Å². The summed E-state index contributed by atoms with van der Waals surface area (Å²) in [6, 6.07) is 18.2. The van der Waals surface area contributed by atoms with E-state index in [2.05, 4.69) is 0 Å². The highest BCUT2D eigenvalue weighted by Crippen LogP contribution is 2.33. The first-order chi connectivity index (χ1) is 16.2. The SMILES string of the molecule is Cc1nc2c(c(=O)n1C(c1ccccc1)C(O)c1ccccc1)CCN(C(=O)OC(C)(C)C)C2. The minimum absolute atomic E-state index is 0.185. The summed E-state index contributed by atoms with van der Waals surface area (Å²) in [7, 11) is 0. The Morgan fingerprint density at radius 1 is 1.03 bits per heavy atom. The second-order valence-corrected chi connectivity index (χ2v) is 9.62. The molecular weight excluding hydrogens is 430 g/mol. The van der Waals surface area contributed by atoms with E-state index < -0.39 is 23.8 Å². The van der Waals surface area contributed by atoms with E-state index in [9.17, 15) is 14.7 Å². The molecule has 1 N–H and O–H groups in total. The summed E-state index contributed by atoms with van der Waals surface area (Å²) in [4.78, 5) is 32.6. The van der Waals surface area contributed by atoms with E-state index in [0.29, 0.717) is 30.0 Å². The van der Waals surface area contributed by atoms with Gasteiger partial charge in [0.2, 0.25) is 0 Å². The first kappa shape index (κ1) is 23.7. The predicted octanol–water partition coefficient (Wildman–Crippen LogP) is 4.17. The molecule has 0 aliphatic carbocycles. The third-order valence-electron chi connectivity index (χ3n) is 5.95. The van der Waals surface area contributed by atoms with Crippen LogP contribution in [0.3, 0.4) is 0 Å². The predicted molar refractivity (Wildman–Crippen MR) is 130 cm³/mol. The van der Waals surface area contributed by atoms with Gasteiger partial charge in [0.25, 0.3) is 5.56 Å². The average molecular weight is 462 g/mol. The number of aliphatic hydroxyl groups excluding tert-OH is 1. The second-order valence-electron chi connectivity index (χ2n) is 9.62. The van der Waals surface area contributed by atoms with Crippen molar-refractivity contribution in [2.24, 2.45) is 0 Å². The van der Waals surface area contributed by atoms with Crippen LogP contribution in [0.4, 0.5) is 4.79 Å². The Kier molecular flexibility index (Phi) is 6.57. The van der Waals surface area contributed by atoms with Crippen LogP contribution >= 0.6 is 0 Å². The zero-order valence-corrected chi connectivity index (χ0v) is 20.1. The molecule has 7 nitrogen and oxygen atoms in total. The lowest BCUT2D eigenvalue weighted by Crippen LogP contribution is -2.44. The first-order valence-electron chi connectivity index (χ1n) is 11.5. The van der Waals surface area contributed by atoms with Gasteiger partial charge < -0.3 is 14.7 Å². The quantitative estimate of drug-likeness (QED) is 0.630. The molecule has 0 saturated carbocycles. The maximum atomic E-state index is 13.8. The number of fused-ring (bicyclic) bond motifs is 1. The van der Waals surface area contributed by atoms with Crippen LogP contribution in [-0.2, 0) is 17.7 Å². The molecule has 34 heavy (non-hydrogen) atoms. The van der Waals surface area contributed by atoms with E-state index in [1.54, 1.807) is 16.4 Å². The van der Waals surface area contributed by atoms with Crippen molar-refractivity contribution in [3.63, 3.8) is 0 Å². The number of carbonyl (C=O) groups is 1. The van der Waals surface area contributed by atoms with Crippen LogP contribution in [0.25, 0.3) is 0 Å². The van der Waals surface area contributed by atoms with Crippen molar-refractivity contribution in [1.82, 2.24) is 14.5 Å². The van der Waals surface area contributed by atoms with Crippen LogP contribution in [0.5, 0.6) is 0 Å². The number of aromatic nitrogens is 2. The lowest BCUT2D eigenvalue weighted by Gasteiger charge is -2.32. The molecule has 0 saturated heterocycles. The highest BCUT2D eigenvalue weighted by Gasteiger charge is 2.32. The maximum absolute atomic E-state index is 13.8. The molecule has 0 fully saturated rings. The van der Waals surface area contributed by atoms with Crippen LogP contribution in [0.1, 0.15) is 61.1 Å². The van der Waals surface area contributed by atoms with Gasteiger partial charge in [0, 0.05) is 12.1 Å². The Morgan fingerprint density at radius 2 is 1.62 bits per heavy atom. The molecule has 0 spiro atoms. The van der Waals surface area contributed by atoms with Crippen LogP contribution in [0, 0.1) is 6.92 Å². The van der Waals surface area contributed by atoms with E-state index in [4.69, 9.17) is 9.72 Å². The van der Waals surface area contributed by atoms with Crippen molar-refractivity contribution in [3.8, 4) is 0 Å². The molecule has 1 aromatic heterocycles. The molecule has 2 unspecified atom stereocenters. The molecule has 3 aromatic rings. The monoisotopic (exact) mass is 461 g/mol. The number of benzene rings is 2. The molecule has 2 aromatic carbocycles. The topological polar surface area (TPSA) is 84.7 Å². The van der Waals surface area contributed by atoms with E-state index in [-0.39, 0.29) is 12.1 Å².